The summed E-state index contributed by atoms with van der Waals surface area (Å²) in [5, 5.41) is 2.53. The van der Waals surface area contributed by atoms with Gasteiger partial charge in [0.15, 0.2) is 0 Å². The number of rotatable bonds is 4. The van der Waals surface area contributed by atoms with Gasteiger partial charge in [0, 0.05) is 12.2 Å². The zero-order valence-electron chi connectivity index (χ0n) is 12.5. The number of carbonyl (C=O) groups is 3. The van der Waals surface area contributed by atoms with E-state index in [0.717, 1.165) is 0 Å². The van der Waals surface area contributed by atoms with E-state index in [9.17, 15) is 14.4 Å². The molecule has 8 nitrogen and oxygen atoms in total. The highest BCUT2D eigenvalue weighted by Gasteiger charge is 2.37. The van der Waals surface area contributed by atoms with Gasteiger partial charge < -0.3 is 15.8 Å². The third kappa shape index (κ3) is 3.10. The maximum Gasteiger partial charge on any atom is 0.324 e. The van der Waals surface area contributed by atoms with E-state index >= 15 is 0 Å². The molecule has 1 aliphatic heterocycles. The fourth-order valence-electron chi connectivity index (χ4n) is 3.06. The first-order chi connectivity index (χ1) is 11.1. The summed E-state index contributed by atoms with van der Waals surface area (Å²) in [6.45, 7) is 0.0746. The smallest absolute Gasteiger partial charge is 0.324 e. The molecule has 1 aromatic heterocycles. The van der Waals surface area contributed by atoms with Gasteiger partial charge in [-0.1, -0.05) is 0 Å². The second-order valence-electron chi connectivity index (χ2n) is 5.69. The van der Waals surface area contributed by atoms with Gasteiger partial charge in [0.1, 0.15) is 11.7 Å². The second-order valence-corrected chi connectivity index (χ2v) is 5.69. The van der Waals surface area contributed by atoms with Crippen molar-refractivity contribution in [3.05, 3.63) is 23.9 Å². The van der Waals surface area contributed by atoms with Gasteiger partial charge in [-0.25, -0.2) is 9.78 Å². The number of amides is 4. The zero-order valence-corrected chi connectivity index (χ0v) is 12.5. The molecule has 0 spiro atoms. The molecular formula is C15H18N4O4. The largest absolute Gasteiger partial charge is 0.474 e. The molecule has 1 saturated carbocycles. The van der Waals surface area contributed by atoms with E-state index in [2.05, 4.69) is 10.3 Å². The third-order valence-corrected chi connectivity index (χ3v) is 4.20. The Bertz CT molecular complexity index is 624. The van der Waals surface area contributed by atoms with Gasteiger partial charge in [0.2, 0.25) is 11.8 Å². The molecule has 23 heavy (non-hydrogen) atoms. The van der Waals surface area contributed by atoms with Crippen LogP contribution in [0.5, 0.6) is 5.88 Å². The van der Waals surface area contributed by atoms with E-state index in [4.69, 9.17) is 10.5 Å². The minimum atomic E-state index is -0.582. The second kappa shape index (κ2) is 6.23. The summed E-state index contributed by atoms with van der Waals surface area (Å²) in [5.41, 5.74) is 5.56. The Morgan fingerprint density at radius 2 is 2.04 bits per heavy atom. The van der Waals surface area contributed by atoms with Crippen molar-refractivity contribution in [2.75, 3.05) is 6.54 Å². The summed E-state index contributed by atoms with van der Waals surface area (Å²) >= 11 is 0. The number of ether oxygens (including phenoxy) is 1. The monoisotopic (exact) mass is 318 g/mol. The SMILES string of the molecule is NC(=O)c1cccnc1O[C@H]1CC[C@H](N2C(=O)CNC2=O)CC1. The lowest BCUT2D eigenvalue weighted by Crippen LogP contribution is -2.44. The molecule has 0 unspecified atom stereocenters. The van der Waals surface area contributed by atoms with Gasteiger partial charge in [-0.15, -0.1) is 0 Å². The third-order valence-electron chi connectivity index (χ3n) is 4.20. The summed E-state index contributed by atoms with van der Waals surface area (Å²) < 4.78 is 5.80. The van der Waals surface area contributed by atoms with Crippen molar-refractivity contribution in [2.45, 2.75) is 37.8 Å². The molecule has 1 aliphatic carbocycles. The Kier molecular flexibility index (Phi) is 4.14. The normalized spacial score (nSPS) is 24.4. The molecule has 3 N–H and O–H groups in total. The van der Waals surface area contributed by atoms with Gasteiger partial charge in [0.25, 0.3) is 5.91 Å². The number of hydrogen-bond donors (Lipinski definition) is 2. The van der Waals surface area contributed by atoms with Crippen molar-refractivity contribution < 1.29 is 19.1 Å². The number of nitrogens with zero attached hydrogens (tertiary/aromatic N) is 2. The molecule has 122 valence electrons. The van der Waals surface area contributed by atoms with Crippen LogP contribution in [0.25, 0.3) is 0 Å². The average Bonchev–Trinajstić information content (AvgIpc) is 2.87. The number of nitrogens with two attached hydrogens (primary N) is 1. The molecule has 2 heterocycles. The summed E-state index contributed by atoms with van der Waals surface area (Å²) in [5.74, 6) is -0.528. The number of urea groups is 1. The number of aromatic nitrogens is 1. The lowest BCUT2D eigenvalue weighted by atomic mass is 9.92. The minimum Gasteiger partial charge on any atom is -0.474 e. The molecular weight excluding hydrogens is 300 g/mol. The number of primary amides is 1. The Balaban J connectivity index is 1.61. The Hall–Kier alpha value is -2.64. The molecule has 1 saturated heterocycles. The molecule has 2 aliphatic rings. The van der Waals surface area contributed by atoms with Crippen molar-refractivity contribution in [2.24, 2.45) is 5.73 Å². The molecule has 0 atom stereocenters. The summed E-state index contributed by atoms with van der Waals surface area (Å²) in [4.78, 5) is 40.2. The Morgan fingerprint density at radius 3 is 2.65 bits per heavy atom. The molecule has 8 heteroatoms. The van der Waals surface area contributed by atoms with Gasteiger partial charge in [0.05, 0.1) is 6.54 Å². The Labute approximate surface area is 133 Å². The van der Waals surface area contributed by atoms with Crippen molar-refractivity contribution in [3.63, 3.8) is 0 Å². The summed E-state index contributed by atoms with van der Waals surface area (Å²) in [6, 6.07) is 2.79. The number of carbonyl (C=O) groups excluding carboxylic acids is 3. The van der Waals surface area contributed by atoms with Gasteiger partial charge in [-0.3, -0.25) is 14.5 Å². The van der Waals surface area contributed by atoms with Gasteiger partial charge in [-0.05, 0) is 37.8 Å². The number of pyridine rings is 1. The van der Waals surface area contributed by atoms with Gasteiger partial charge >= 0.3 is 6.03 Å². The standard InChI is InChI=1S/C15H18N4O4/c16-13(21)11-2-1-7-17-14(11)23-10-5-3-9(4-6-10)19-12(20)8-18-15(19)22/h1-2,7,9-10H,3-6,8H2,(H2,16,21)(H,18,22)/t9-,10-. The van der Waals surface area contributed by atoms with Crippen LogP contribution in [0.1, 0.15) is 36.0 Å². The van der Waals surface area contributed by atoms with Crippen LogP contribution in [0.3, 0.4) is 0 Å². The molecule has 0 radical (unpaired) electrons. The molecule has 3 rings (SSSR count). The molecule has 0 aromatic carbocycles. The lowest BCUT2D eigenvalue weighted by molar-refractivity contribution is -0.127. The fraction of sp³-hybridized carbons (Fsp3) is 0.467. The van der Waals surface area contributed by atoms with Crippen molar-refractivity contribution in [1.29, 1.82) is 0 Å². The number of nitrogens with one attached hydrogen (secondary N) is 1. The van der Waals surface area contributed by atoms with Crippen LogP contribution in [-0.2, 0) is 4.79 Å². The van der Waals surface area contributed by atoms with Crippen molar-refractivity contribution in [1.82, 2.24) is 15.2 Å². The van der Waals surface area contributed by atoms with E-state index in [-0.39, 0.29) is 42.1 Å². The zero-order chi connectivity index (χ0) is 16.4. The van der Waals surface area contributed by atoms with Crippen molar-refractivity contribution in [3.8, 4) is 5.88 Å². The van der Waals surface area contributed by atoms with Crippen LogP contribution in [0.15, 0.2) is 18.3 Å². The van der Waals surface area contributed by atoms with E-state index < -0.39 is 5.91 Å². The van der Waals surface area contributed by atoms with E-state index in [1.54, 1.807) is 18.3 Å². The molecule has 0 bridgehead atoms. The highest BCUT2D eigenvalue weighted by Crippen LogP contribution is 2.28. The maximum absolute atomic E-state index is 11.7. The molecule has 1 aromatic rings. The quantitative estimate of drug-likeness (QED) is 0.781. The Morgan fingerprint density at radius 1 is 1.30 bits per heavy atom. The minimum absolute atomic E-state index is 0.0746. The topological polar surface area (TPSA) is 115 Å². The fourth-order valence-corrected chi connectivity index (χ4v) is 3.06. The molecule has 2 fully saturated rings. The van der Waals surface area contributed by atoms with Crippen LogP contribution in [0, 0.1) is 0 Å². The first-order valence-electron chi connectivity index (χ1n) is 7.57. The maximum atomic E-state index is 11.7. The number of imide groups is 1. The highest BCUT2D eigenvalue weighted by atomic mass is 16.5. The van der Waals surface area contributed by atoms with E-state index in [1.807, 2.05) is 0 Å². The van der Waals surface area contributed by atoms with Crippen LogP contribution in [0.2, 0.25) is 0 Å². The predicted molar refractivity (Wildman–Crippen MR) is 79.7 cm³/mol. The van der Waals surface area contributed by atoms with Crippen LogP contribution >= 0.6 is 0 Å². The average molecular weight is 318 g/mol. The van der Waals surface area contributed by atoms with E-state index in [1.165, 1.54) is 4.90 Å². The highest BCUT2D eigenvalue weighted by molar-refractivity contribution is 6.02. The first-order valence-corrected chi connectivity index (χ1v) is 7.57. The number of hydrogen-bond acceptors (Lipinski definition) is 5. The van der Waals surface area contributed by atoms with Gasteiger partial charge in [-0.2, -0.15) is 0 Å². The summed E-state index contributed by atoms with van der Waals surface area (Å²) in [7, 11) is 0. The van der Waals surface area contributed by atoms with Crippen LogP contribution < -0.4 is 15.8 Å². The van der Waals surface area contributed by atoms with Crippen LogP contribution in [-0.4, -0.2) is 46.4 Å². The summed E-state index contributed by atoms with van der Waals surface area (Å²) in [6.07, 6.45) is 4.12. The van der Waals surface area contributed by atoms with Crippen LogP contribution in [0.4, 0.5) is 4.79 Å². The van der Waals surface area contributed by atoms with E-state index in [0.29, 0.717) is 25.7 Å². The first kappa shape index (κ1) is 15.3. The lowest BCUT2D eigenvalue weighted by Gasteiger charge is -2.32. The molecule has 4 amide bonds. The predicted octanol–water partition coefficient (Wildman–Crippen LogP) is 0.422. The van der Waals surface area contributed by atoms with Crippen molar-refractivity contribution >= 4 is 17.8 Å².